The van der Waals surface area contributed by atoms with Gasteiger partial charge in [-0.25, -0.2) is 0 Å². The van der Waals surface area contributed by atoms with Gasteiger partial charge in [-0.05, 0) is 24.3 Å². The summed E-state index contributed by atoms with van der Waals surface area (Å²) in [5.41, 5.74) is 7.25. The van der Waals surface area contributed by atoms with Crippen molar-refractivity contribution in [3.63, 3.8) is 0 Å². The van der Waals surface area contributed by atoms with Crippen LogP contribution in [0.5, 0.6) is 0 Å². The molecule has 6 heteroatoms. The second kappa shape index (κ2) is 5.31. The van der Waals surface area contributed by atoms with E-state index in [9.17, 15) is 0 Å². The molecular weight excluding hydrogens is 252 g/mol. The van der Waals surface area contributed by atoms with E-state index in [-0.39, 0.29) is 5.95 Å². The molecule has 2 heterocycles. The molecular formula is C14H12N6. The van der Waals surface area contributed by atoms with Crippen LogP contribution >= 0.6 is 0 Å². The second-order valence-corrected chi connectivity index (χ2v) is 4.05. The van der Waals surface area contributed by atoms with E-state index < -0.39 is 0 Å². The van der Waals surface area contributed by atoms with Gasteiger partial charge in [-0.1, -0.05) is 24.3 Å². The molecule has 0 aliphatic heterocycles. The molecule has 3 rings (SSSR count). The van der Waals surface area contributed by atoms with Crippen molar-refractivity contribution in [1.82, 2.24) is 19.9 Å². The highest BCUT2D eigenvalue weighted by Gasteiger charge is 2.07. The molecule has 0 saturated carbocycles. The van der Waals surface area contributed by atoms with Crippen LogP contribution < -0.4 is 11.1 Å². The lowest BCUT2D eigenvalue weighted by Crippen LogP contribution is -2.05. The van der Waals surface area contributed by atoms with Crippen LogP contribution in [-0.2, 0) is 0 Å². The number of pyridine rings is 1. The maximum atomic E-state index is 5.72. The van der Waals surface area contributed by atoms with E-state index in [1.807, 2.05) is 48.5 Å². The number of benzene rings is 1. The molecule has 3 N–H and O–H groups in total. The van der Waals surface area contributed by atoms with Crippen molar-refractivity contribution in [3.05, 3.63) is 54.7 Å². The Morgan fingerprint density at radius 1 is 0.850 bits per heavy atom. The number of nitrogens with two attached hydrogens (primary N) is 1. The first kappa shape index (κ1) is 12.0. The summed E-state index contributed by atoms with van der Waals surface area (Å²) in [5.74, 6) is 0.986. The number of hydrogen-bond acceptors (Lipinski definition) is 6. The predicted molar refractivity (Wildman–Crippen MR) is 77.2 cm³/mol. The van der Waals surface area contributed by atoms with Gasteiger partial charge in [-0.3, -0.25) is 4.98 Å². The van der Waals surface area contributed by atoms with Gasteiger partial charge in [-0.2, -0.15) is 15.0 Å². The molecule has 0 saturated heterocycles. The first-order chi connectivity index (χ1) is 9.81. The number of hydrogen-bond donors (Lipinski definition) is 2. The number of nitrogens with zero attached hydrogens (tertiary/aromatic N) is 4. The molecule has 0 aliphatic rings. The van der Waals surface area contributed by atoms with Gasteiger partial charge in [0.05, 0.1) is 0 Å². The van der Waals surface area contributed by atoms with Crippen LogP contribution in [0.15, 0.2) is 54.7 Å². The summed E-state index contributed by atoms with van der Waals surface area (Å²) in [7, 11) is 0. The van der Waals surface area contributed by atoms with Crippen molar-refractivity contribution in [2.45, 2.75) is 0 Å². The number of aromatic nitrogens is 4. The van der Waals surface area contributed by atoms with Crippen molar-refractivity contribution < 1.29 is 0 Å². The van der Waals surface area contributed by atoms with Gasteiger partial charge < -0.3 is 11.1 Å². The lowest BCUT2D eigenvalue weighted by Gasteiger charge is -2.06. The third kappa shape index (κ3) is 2.69. The summed E-state index contributed by atoms with van der Waals surface area (Å²) in [6, 6.07) is 15.1. The Hall–Kier alpha value is -3.02. The summed E-state index contributed by atoms with van der Waals surface area (Å²) in [4.78, 5) is 16.7. The van der Waals surface area contributed by atoms with Gasteiger partial charge in [0.2, 0.25) is 11.9 Å². The number of nitrogen functional groups attached to an aromatic ring is 1. The molecule has 1 aromatic carbocycles. The van der Waals surface area contributed by atoms with Crippen LogP contribution in [0.3, 0.4) is 0 Å². The third-order valence-electron chi connectivity index (χ3n) is 2.58. The van der Waals surface area contributed by atoms with Gasteiger partial charge in [0.25, 0.3) is 0 Å². The van der Waals surface area contributed by atoms with Crippen molar-refractivity contribution in [1.29, 1.82) is 0 Å². The molecule has 98 valence electrons. The van der Waals surface area contributed by atoms with Gasteiger partial charge >= 0.3 is 0 Å². The van der Waals surface area contributed by atoms with Gasteiger partial charge in [0, 0.05) is 11.9 Å². The molecule has 6 nitrogen and oxygen atoms in total. The standard InChI is InChI=1S/C14H12N6/c15-13-18-12(11-8-4-5-9-16-11)19-14(20-13)17-10-6-2-1-3-7-10/h1-9H,(H3,15,17,18,19,20). The number of rotatable bonds is 3. The lowest BCUT2D eigenvalue weighted by atomic mass is 10.3. The molecule has 0 radical (unpaired) electrons. The van der Waals surface area contributed by atoms with Gasteiger partial charge in [-0.15, -0.1) is 0 Å². The summed E-state index contributed by atoms with van der Waals surface area (Å²) >= 11 is 0. The van der Waals surface area contributed by atoms with E-state index in [0.717, 1.165) is 5.69 Å². The molecule has 0 spiro atoms. The first-order valence-electron chi connectivity index (χ1n) is 6.06. The second-order valence-electron chi connectivity index (χ2n) is 4.05. The minimum atomic E-state index is 0.152. The number of para-hydroxylation sites is 1. The summed E-state index contributed by atoms with van der Waals surface area (Å²) < 4.78 is 0. The largest absolute Gasteiger partial charge is 0.368 e. The monoisotopic (exact) mass is 264 g/mol. The third-order valence-corrected chi connectivity index (χ3v) is 2.58. The molecule has 0 unspecified atom stereocenters. The van der Waals surface area contributed by atoms with Crippen LogP contribution in [0.1, 0.15) is 0 Å². The normalized spacial score (nSPS) is 10.2. The Kier molecular flexibility index (Phi) is 3.20. The fourth-order valence-corrected chi connectivity index (χ4v) is 1.71. The van der Waals surface area contributed by atoms with E-state index in [4.69, 9.17) is 5.73 Å². The molecule has 2 aromatic heterocycles. The highest BCUT2D eigenvalue weighted by atomic mass is 15.2. The summed E-state index contributed by atoms with van der Waals surface area (Å²) in [6.07, 6.45) is 1.68. The maximum Gasteiger partial charge on any atom is 0.232 e. The zero-order valence-electron chi connectivity index (χ0n) is 10.6. The minimum Gasteiger partial charge on any atom is -0.368 e. The van der Waals surface area contributed by atoms with E-state index >= 15 is 0 Å². The molecule has 3 aromatic rings. The quantitative estimate of drug-likeness (QED) is 0.754. The molecule has 0 atom stereocenters. The van der Waals surface area contributed by atoms with E-state index in [0.29, 0.717) is 17.5 Å². The highest BCUT2D eigenvalue weighted by molar-refractivity contribution is 5.57. The minimum absolute atomic E-state index is 0.152. The smallest absolute Gasteiger partial charge is 0.232 e. The Bertz CT molecular complexity index is 699. The topological polar surface area (TPSA) is 89.6 Å². The van der Waals surface area contributed by atoms with E-state index in [1.54, 1.807) is 6.20 Å². The fraction of sp³-hybridized carbons (Fsp3) is 0. The Morgan fingerprint density at radius 2 is 1.65 bits per heavy atom. The molecule has 0 amide bonds. The zero-order chi connectivity index (χ0) is 13.8. The van der Waals surface area contributed by atoms with E-state index in [2.05, 4.69) is 25.3 Å². The molecule has 0 aliphatic carbocycles. The van der Waals surface area contributed by atoms with Crippen LogP contribution in [0.4, 0.5) is 17.6 Å². The predicted octanol–water partition coefficient (Wildman–Crippen LogP) is 2.26. The Balaban J connectivity index is 1.95. The van der Waals surface area contributed by atoms with Gasteiger partial charge in [0.1, 0.15) is 5.69 Å². The lowest BCUT2D eigenvalue weighted by molar-refractivity contribution is 1.06. The average molecular weight is 264 g/mol. The maximum absolute atomic E-state index is 5.72. The molecule has 0 bridgehead atoms. The average Bonchev–Trinajstić information content (AvgIpc) is 2.49. The molecule has 20 heavy (non-hydrogen) atoms. The fourth-order valence-electron chi connectivity index (χ4n) is 1.71. The first-order valence-corrected chi connectivity index (χ1v) is 6.06. The Labute approximate surface area is 115 Å². The van der Waals surface area contributed by atoms with Crippen LogP contribution in [0.25, 0.3) is 11.5 Å². The van der Waals surface area contributed by atoms with Crippen LogP contribution in [0.2, 0.25) is 0 Å². The molecule has 0 fully saturated rings. The van der Waals surface area contributed by atoms with E-state index in [1.165, 1.54) is 0 Å². The number of nitrogens with one attached hydrogen (secondary N) is 1. The Morgan fingerprint density at radius 3 is 2.40 bits per heavy atom. The van der Waals surface area contributed by atoms with Crippen molar-refractivity contribution in [2.24, 2.45) is 0 Å². The summed E-state index contributed by atoms with van der Waals surface area (Å²) in [6.45, 7) is 0. The highest BCUT2D eigenvalue weighted by Crippen LogP contribution is 2.17. The van der Waals surface area contributed by atoms with Crippen LogP contribution in [-0.4, -0.2) is 19.9 Å². The number of anilines is 3. The SMILES string of the molecule is Nc1nc(Nc2ccccc2)nc(-c2ccccn2)n1. The summed E-state index contributed by atoms with van der Waals surface area (Å²) in [5, 5.41) is 3.08. The van der Waals surface area contributed by atoms with Crippen molar-refractivity contribution in [2.75, 3.05) is 11.1 Å². The van der Waals surface area contributed by atoms with Crippen LogP contribution in [0, 0.1) is 0 Å². The van der Waals surface area contributed by atoms with Gasteiger partial charge in [0.15, 0.2) is 5.82 Å². The van der Waals surface area contributed by atoms with Crippen molar-refractivity contribution in [3.8, 4) is 11.5 Å². The zero-order valence-corrected chi connectivity index (χ0v) is 10.6. The van der Waals surface area contributed by atoms with Crippen molar-refractivity contribution >= 4 is 17.6 Å².